The number of nitrogens with one attached hydrogen (secondary N) is 1. The summed E-state index contributed by atoms with van der Waals surface area (Å²) in [5.74, 6) is 0.310. The van der Waals surface area contributed by atoms with Crippen molar-refractivity contribution in [3.8, 4) is 0 Å². The molecule has 2 rings (SSSR count). The van der Waals surface area contributed by atoms with Crippen LogP contribution in [-0.4, -0.2) is 5.91 Å². The molecule has 1 amide bonds. The van der Waals surface area contributed by atoms with Gasteiger partial charge in [-0.25, -0.2) is 0 Å². The highest BCUT2D eigenvalue weighted by atomic mass is 79.9. The van der Waals surface area contributed by atoms with E-state index in [1.807, 2.05) is 35.7 Å². The van der Waals surface area contributed by atoms with Crippen molar-refractivity contribution in [2.24, 2.45) is 5.92 Å². The van der Waals surface area contributed by atoms with Gasteiger partial charge < -0.3 is 5.32 Å². The Morgan fingerprint density at radius 3 is 2.53 bits per heavy atom. The van der Waals surface area contributed by atoms with E-state index in [0.29, 0.717) is 11.5 Å². The fourth-order valence-corrected chi connectivity index (χ4v) is 3.31. The first kappa shape index (κ1) is 14.3. The topological polar surface area (TPSA) is 29.1 Å². The van der Waals surface area contributed by atoms with Crippen LogP contribution in [0.4, 0.5) is 0 Å². The van der Waals surface area contributed by atoms with Crippen molar-refractivity contribution in [3.05, 3.63) is 56.7 Å². The average molecular weight is 338 g/mol. The van der Waals surface area contributed by atoms with Gasteiger partial charge in [0.15, 0.2) is 0 Å². The third kappa shape index (κ3) is 3.45. The van der Waals surface area contributed by atoms with Crippen LogP contribution in [0.2, 0.25) is 0 Å². The van der Waals surface area contributed by atoms with Crippen LogP contribution < -0.4 is 5.32 Å². The van der Waals surface area contributed by atoms with Gasteiger partial charge in [0.2, 0.25) is 0 Å². The number of halogens is 1. The molecule has 0 radical (unpaired) electrons. The fourth-order valence-electron chi connectivity index (χ4n) is 1.90. The van der Waals surface area contributed by atoms with E-state index < -0.39 is 0 Å². The molecule has 0 aliphatic heterocycles. The summed E-state index contributed by atoms with van der Waals surface area (Å²) in [6, 6.07) is 11.6. The number of benzene rings is 1. The largest absolute Gasteiger partial charge is 0.344 e. The lowest BCUT2D eigenvalue weighted by Crippen LogP contribution is -2.31. The highest BCUT2D eigenvalue weighted by Crippen LogP contribution is 2.26. The summed E-state index contributed by atoms with van der Waals surface area (Å²) in [6.07, 6.45) is 0. The average Bonchev–Trinajstić information content (AvgIpc) is 2.89. The SMILES string of the molecule is CC(C)C(NC(=O)c1ccccc1Br)c1cccs1. The number of hydrogen-bond acceptors (Lipinski definition) is 2. The third-order valence-electron chi connectivity index (χ3n) is 2.92. The fraction of sp³-hybridized carbons (Fsp3) is 0.267. The van der Waals surface area contributed by atoms with Gasteiger partial charge in [-0.2, -0.15) is 0 Å². The molecule has 1 aromatic heterocycles. The zero-order chi connectivity index (χ0) is 13.8. The summed E-state index contributed by atoms with van der Waals surface area (Å²) in [5, 5.41) is 5.15. The molecule has 0 saturated carbocycles. The summed E-state index contributed by atoms with van der Waals surface area (Å²) in [6.45, 7) is 4.23. The molecule has 0 bridgehead atoms. The molecule has 0 aliphatic carbocycles. The highest BCUT2D eigenvalue weighted by Gasteiger charge is 2.20. The lowest BCUT2D eigenvalue weighted by molar-refractivity contribution is 0.0926. The second-order valence-electron chi connectivity index (χ2n) is 4.69. The highest BCUT2D eigenvalue weighted by molar-refractivity contribution is 9.10. The number of hydrogen-bond donors (Lipinski definition) is 1. The molecular formula is C15H16BrNOS. The lowest BCUT2D eigenvalue weighted by atomic mass is 10.0. The Hall–Kier alpha value is -1.13. The van der Waals surface area contributed by atoms with Gasteiger partial charge in [0.1, 0.15) is 0 Å². The molecule has 2 aromatic rings. The predicted octanol–water partition coefficient (Wildman–Crippen LogP) is 4.64. The van der Waals surface area contributed by atoms with Crippen LogP contribution in [0.3, 0.4) is 0 Å². The van der Waals surface area contributed by atoms with Gasteiger partial charge in [0.25, 0.3) is 5.91 Å². The van der Waals surface area contributed by atoms with Gasteiger partial charge in [0.05, 0.1) is 11.6 Å². The van der Waals surface area contributed by atoms with Crippen molar-refractivity contribution in [2.75, 3.05) is 0 Å². The van der Waals surface area contributed by atoms with E-state index >= 15 is 0 Å². The molecule has 1 aromatic carbocycles. The van der Waals surface area contributed by atoms with Crippen molar-refractivity contribution >= 4 is 33.2 Å². The van der Waals surface area contributed by atoms with E-state index in [1.54, 1.807) is 11.3 Å². The zero-order valence-corrected chi connectivity index (χ0v) is 13.3. The molecule has 2 nitrogen and oxygen atoms in total. The van der Waals surface area contributed by atoms with Gasteiger partial charge >= 0.3 is 0 Å². The van der Waals surface area contributed by atoms with Crippen LogP contribution >= 0.6 is 27.3 Å². The molecule has 1 N–H and O–H groups in total. The van der Waals surface area contributed by atoms with E-state index in [9.17, 15) is 4.79 Å². The molecule has 1 unspecified atom stereocenters. The first-order valence-corrected chi connectivity index (χ1v) is 7.85. The summed E-state index contributed by atoms with van der Waals surface area (Å²) in [5.41, 5.74) is 0.671. The second-order valence-corrected chi connectivity index (χ2v) is 6.52. The normalized spacial score (nSPS) is 12.4. The number of carbonyl (C=O) groups is 1. The molecule has 4 heteroatoms. The van der Waals surface area contributed by atoms with Crippen LogP contribution in [-0.2, 0) is 0 Å². The first-order chi connectivity index (χ1) is 9.09. The van der Waals surface area contributed by atoms with Gasteiger partial charge in [-0.3, -0.25) is 4.79 Å². The van der Waals surface area contributed by atoms with E-state index in [4.69, 9.17) is 0 Å². The van der Waals surface area contributed by atoms with Crippen LogP contribution in [0.5, 0.6) is 0 Å². The molecule has 0 aliphatic rings. The van der Waals surface area contributed by atoms with E-state index in [0.717, 1.165) is 4.47 Å². The Balaban J connectivity index is 2.19. The second kappa shape index (κ2) is 6.35. The van der Waals surface area contributed by atoms with Crippen molar-refractivity contribution in [2.45, 2.75) is 19.9 Å². The molecular weight excluding hydrogens is 322 g/mol. The van der Waals surface area contributed by atoms with Crippen molar-refractivity contribution in [1.82, 2.24) is 5.32 Å². The first-order valence-electron chi connectivity index (χ1n) is 6.18. The van der Waals surface area contributed by atoms with E-state index in [2.05, 4.69) is 41.2 Å². The molecule has 1 heterocycles. The smallest absolute Gasteiger partial charge is 0.252 e. The van der Waals surface area contributed by atoms with Gasteiger partial charge in [-0.15, -0.1) is 11.3 Å². The summed E-state index contributed by atoms with van der Waals surface area (Å²) in [7, 11) is 0. The summed E-state index contributed by atoms with van der Waals surface area (Å²) >= 11 is 5.09. The minimum Gasteiger partial charge on any atom is -0.344 e. The lowest BCUT2D eigenvalue weighted by Gasteiger charge is -2.21. The minimum absolute atomic E-state index is 0.0421. The minimum atomic E-state index is -0.0421. The Bertz CT molecular complexity index is 551. The summed E-state index contributed by atoms with van der Waals surface area (Å²) < 4.78 is 0.821. The Kier molecular flexibility index (Phi) is 4.77. The quantitative estimate of drug-likeness (QED) is 0.865. The maximum atomic E-state index is 12.3. The standard InChI is InChI=1S/C15H16BrNOS/c1-10(2)14(13-8-5-9-19-13)17-15(18)11-6-3-4-7-12(11)16/h3-10,14H,1-2H3,(H,17,18). The monoisotopic (exact) mass is 337 g/mol. The van der Waals surface area contributed by atoms with Crippen molar-refractivity contribution in [1.29, 1.82) is 0 Å². The number of carbonyl (C=O) groups excluding carboxylic acids is 1. The number of rotatable bonds is 4. The van der Waals surface area contributed by atoms with Crippen LogP contribution in [0.15, 0.2) is 46.3 Å². The van der Waals surface area contributed by atoms with Crippen LogP contribution in [0, 0.1) is 5.92 Å². The predicted molar refractivity (Wildman–Crippen MR) is 83.5 cm³/mol. The van der Waals surface area contributed by atoms with Gasteiger partial charge in [-0.1, -0.05) is 32.0 Å². The molecule has 19 heavy (non-hydrogen) atoms. The molecule has 0 saturated heterocycles. The van der Waals surface area contributed by atoms with Crippen molar-refractivity contribution < 1.29 is 4.79 Å². The Labute approximate surface area is 126 Å². The maximum absolute atomic E-state index is 12.3. The molecule has 1 atom stereocenters. The maximum Gasteiger partial charge on any atom is 0.252 e. The summed E-state index contributed by atoms with van der Waals surface area (Å²) in [4.78, 5) is 13.5. The van der Waals surface area contributed by atoms with E-state index in [1.165, 1.54) is 4.88 Å². The molecule has 100 valence electrons. The van der Waals surface area contributed by atoms with Gasteiger partial charge in [-0.05, 0) is 45.4 Å². The third-order valence-corrected chi connectivity index (χ3v) is 4.57. The molecule has 0 fully saturated rings. The van der Waals surface area contributed by atoms with Gasteiger partial charge in [0, 0.05) is 9.35 Å². The number of thiophene rings is 1. The Morgan fingerprint density at radius 1 is 1.21 bits per heavy atom. The Morgan fingerprint density at radius 2 is 1.95 bits per heavy atom. The number of amides is 1. The zero-order valence-electron chi connectivity index (χ0n) is 10.9. The van der Waals surface area contributed by atoms with Crippen LogP contribution in [0.1, 0.15) is 35.1 Å². The van der Waals surface area contributed by atoms with E-state index in [-0.39, 0.29) is 11.9 Å². The van der Waals surface area contributed by atoms with Crippen LogP contribution in [0.25, 0.3) is 0 Å². The molecule has 0 spiro atoms. The van der Waals surface area contributed by atoms with Crippen molar-refractivity contribution in [3.63, 3.8) is 0 Å².